The average Bonchev–Trinajstić information content (AvgIpc) is 2.92. The maximum atomic E-state index is 13.9. The zero-order chi connectivity index (χ0) is 29.9. The Morgan fingerprint density at radius 2 is 1.49 bits per heavy atom. The number of ketones is 1. The minimum atomic E-state index is -1.96. The normalized spacial score (nSPS) is 22.0. The molecule has 4 rings (SSSR count). The monoisotopic (exact) mass is 563 g/mol. The summed E-state index contributed by atoms with van der Waals surface area (Å²) < 4.78 is 10.6. The van der Waals surface area contributed by atoms with E-state index in [2.05, 4.69) is 10.6 Å². The zero-order valence-electron chi connectivity index (χ0n) is 22.5. The molecule has 0 aromatic heterocycles. The number of Topliss-reactive ketones (excluding diaryl/α,β-unsaturated/α-hetero) is 1. The Hall–Kier alpha value is -4.97. The Bertz CT molecular complexity index is 1500. The van der Waals surface area contributed by atoms with E-state index in [1.165, 1.54) is 27.2 Å². The van der Waals surface area contributed by atoms with E-state index in [9.17, 15) is 34.7 Å². The molecule has 3 aromatic carbocycles. The molecule has 0 spiro atoms. The summed E-state index contributed by atoms with van der Waals surface area (Å²) in [5.41, 5.74) is -2.08. The van der Waals surface area contributed by atoms with Crippen LogP contribution in [0.3, 0.4) is 0 Å². The number of anilines is 2. The first-order chi connectivity index (χ1) is 19.5. The average molecular weight is 564 g/mol. The summed E-state index contributed by atoms with van der Waals surface area (Å²) in [5.74, 6) is -6.57. The smallest absolute Gasteiger partial charge is 0.310 e. The standard InChI is InChI=1S/C29H29N3O9/c1-29(37)15-21(34)25(27(35)30-17-8-4-6-10-22(17)40-2)24(16-12-13-20(33)19(14-16)32(38)39)26(29)28(36)31-18-9-5-7-11-23(18)41-3/h4-14,24-26,33,37H,15H2,1-3H3,(H,30,35)(H,31,36). The van der Waals surface area contributed by atoms with E-state index in [1.54, 1.807) is 48.5 Å². The molecule has 4 unspecified atom stereocenters. The van der Waals surface area contributed by atoms with Gasteiger partial charge in [-0.2, -0.15) is 0 Å². The molecule has 12 heteroatoms. The number of amides is 2. The number of carbonyl (C=O) groups excluding carboxylic acids is 3. The van der Waals surface area contributed by atoms with Crippen LogP contribution in [-0.4, -0.2) is 52.6 Å². The third-order valence-corrected chi connectivity index (χ3v) is 7.14. The predicted molar refractivity (Wildman–Crippen MR) is 148 cm³/mol. The number of hydrogen-bond donors (Lipinski definition) is 4. The number of nitro groups is 1. The molecule has 1 fully saturated rings. The lowest BCUT2D eigenvalue weighted by Crippen LogP contribution is -2.56. The Morgan fingerprint density at radius 3 is 2.02 bits per heavy atom. The zero-order valence-corrected chi connectivity index (χ0v) is 22.5. The summed E-state index contributed by atoms with van der Waals surface area (Å²) in [5, 5.41) is 38.6. The van der Waals surface area contributed by atoms with Gasteiger partial charge in [-0.05, 0) is 42.8 Å². The van der Waals surface area contributed by atoms with Gasteiger partial charge in [0.1, 0.15) is 23.2 Å². The number of methoxy groups -OCH3 is 2. The molecule has 2 amide bonds. The lowest BCUT2D eigenvalue weighted by Gasteiger charge is -2.44. The van der Waals surface area contributed by atoms with E-state index in [0.717, 1.165) is 12.1 Å². The quantitative estimate of drug-likeness (QED) is 0.181. The molecule has 3 aromatic rings. The van der Waals surface area contributed by atoms with Crippen molar-refractivity contribution in [3.63, 3.8) is 0 Å². The van der Waals surface area contributed by atoms with Gasteiger partial charge in [0.25, 0.3) is 0 Å². The van der Waals surface area contributed by atoms with Crippen LogP contribution in [0.1, 0.15) is 24.8 Å². The van der Waals surface area contributed by atoms with Crippen LogP contribution in [0.2, 0.25) is 0 Å². The van der Waals surface area contributed by atoms with Gasteiger partial charge in [0.15, 0.2) is 5.75 Å². The first-order valence-electron chi connectivity index (χ1n) is 12.6. The van der Waals surface area contributed by atoms with Crippen molar-refractivity contribution >= 4 is 34.7 Å². The van der Waals surface area contributed by atoms with Crippen LogP contribution in [-0.2, 0) is 14.4 Å². The number of nitrogens with one attached hydrogen (secondary N) is 2. The third-order valence-electron chi connectivity index (χ3n) is 7.14. The number of nitro benzene ring substituents is 1. The second-order valence-corrected chi connectivity index (χ2v) is 9.87. The molecule has 12 nitrogen and oxygen atoms in total. The van der Waals surface area contributed by atoms with E-state index in [4.69, 9.17) is 9.47 Å². The number of carbonyl (C=O) groups is 3. The van der Waals surface area contributed by atoms with E-state index >= 15 is 0 Å². The maximum Gasteiger partial charge on any atom is 0.310 e. The van der Waals surface area contributed by atoms with Crippen LogP contribution in [0.25, 0.3) is 0 Å². The highest BCUT2D eigenvalue weighted by Gasteiger charge is 2.56. The SMILES string of the molecule is COc1ccccc1NC(=O)C1C(=O)CC(C)(O)C(C(=O)Nc2ccccc2OC)C1c1ccc(O)c([N+](=O)[O-])c1. The highest BCUT2D eigenvalue weighted by Crippen LogP contribution is 2.48. The maximum absolute atomic E-state index is 13.9. The number of benzene rings is 3. The summed E-state index contributed by atoms with van der Waals surface area (Å²) in [4.78, 5) is 52.0. The van der Waals surface area contributed by atoms with E-state index < -0.39 is 63.7 Å². The number of aromatic hydroxyl groups is 1. The van der Waals surface area contributed by atoms with E-state index in [-0.39, 0.29) is 16.9 Å². The first kappa shape index (κ1) is 29.0. The van der Waals surface area contributed by atoms with Gasteiger partial charge in [-0.25, -0.2) is 0 Å². The molecule has 214 valence electrons. The molecule has 0 radical (unpaired) electrons. The molecule has 41 heavy (non-hydrogen) atoms. The molecule has 0 bridgehead atoms. The molecule has 4 N–H and O–H groups in total. The van der Waals surface area contributed by atoms with Gasteiger partial charge >= 0.3 is 5.69 Å². The topological polar surface area (TPSA) is 177 Å². The van der Waals surface area contributed by atoms with Gasteiger partial charge in [0.05, 0.1) is 42.0 Å². The summed E-state index contributed by atoms with van der Waals surface area (Å²) in [6.07, 6.45) is -0.544. The van der Waals surface area contributed by atoms with Crippen LogP contribution < -0.4 is 20.1 Å². The van der Waals surface area contributed by atoms with E-state index in [0.29, 0.717) is 11.5 Å². The van der Waals surface area contributed by atoms with Crippen LogP contribution in [0, 0.1) is 22.0 Å². The molecule has 0 saturated heterocycles. The summed E-state index contributed by atoms with van der Waals surface area (Å²) in [6, 6.07) is 16.4. The Kier molecular flexibility index (Phi) is 8.24. The molecule has 0 heterocycles. The predicted octanol–water partition coefficient (Wildman–Crippen LogP) is 3.63. The number of ether oxygens (including phenoxy) is 2. The van der Waals surface area contributed by atoms with Crippen molar-refractivity contribution in [1.82, 2.24) is 0 Å². The fourth-order valence-corrected chi connectivity index (χ4v) is 5.30. The lowest BCUT2D eigenvalue weighted by atomic mass is 9.61. The summed E-state index contributed by atoms with van der Waals surface area (Å²) in [6.45, 7) is 1.30. The number of phenols is 1. The minimum Gasteiger partial charge on any atom is -0.502 e. The van der Waals surface area contributed by atoms with Gasteiger partial charge in [0.2, 0.25) is 11.8 Å². The molecule has 1 aliphatic carbocycles. The van der Waals surface area contributed by atoms with Crippen molar-refractivity contribution in [3.05, 3.63) is 82.4 Å². The number of para-hydroxylation sites is 4. The Balaban J connectivity index is 1.85. The van der Waals surface area contributed by atoms with Gasteiger partial charge < -0.3 is 30.3 Å². The van der Waals surface area contributed by atoms with Crippen molar-refractivity contribution < 1.29 is 39.0 Å². The summed E-state index contributed by atoms with van der Waals surface area (Å²) >= 11 is 0. The molecular formula is C29H29N3O9. The number of nitrogens with zero attached hydrogens (tertiary/aromatic N) is 1. The lowest BCUT2D eigenvalue weighted by molar-refractivity contribution is -0.386. The molecule has 4 atom stereocenters. The van der Waals surface area contributed by atoms with Crippen LogP contribution >= 0.6 is 0 Å². The molecule has 1 saturated carbocycles. The van der Waals surface area contributed by atoms with Crippen molar-refractivity contribution in [3.8, 4) is 17.2 Å². The number of hydrogen-bond acceptors (Lipinski definition) is 9. The van der Waals surface area contributed by atoms with Crippen molar-refractivity contribution in [2.75, 3.05) is 24.9 Å². The highest BCUT2D eigenvalue weighted by molar-refractivity contribution is 6.11. The first-order valence-corrected chi connectivity index (χ1v) is 12.6. The van der Waals surface area contributed by atoms with Crippen molar-refractivity contribution in [2.45, 2.75) is 24.9 Å². The number of phenolic OH excluding ortho intramolecular Hbond substituents is 1. The van der Waals surface area contributed by atoms with Gasteiger partial charge in [-0.3, -0.25) is 24.5 Å². The largest absolute Gasteiger partial charge is 0.502 e. The Labute approximate surface area is 235 Å². The van der Waals surface area contributed by atoms with Crippen LogP contribution in [0.15, 0.2) is 66.7 Å². The van der Waals surface area contributed by atoms with Crippen molar-refractivity contribution in [1.29, 1.82) is 0 Å². The Morgan fingerprint density at radius 1 is 0.951 bits per heavy atom. The van der Waals surface area contributed by atoms with Crippen LogP contribution in [0.5, 0.6) is 17.2 Å². The third kappa shape index (κ3) is 5.82. The van der Waals surface area contributed by atoms with Crippen LogP contribution in [0.4, 0.5) is 17.1 Å². The minimum absolute atomic E-state index is 0.0307. The molecule has 0 aliphatic heterocycles. The highest BCUT2D eigenvalue weighted by atomic mass is 16.6. The van der Waals surface area contributed by atoms with Gasteiger partial charge in [0, 0.05) is 18.4 Å². The number of aliphatic hydroxyl groups is 1. The van der Waals surface area contributed by atoms with E-state index in [1.807, 2.05) is 0 Å². The number of rotatable bonds is 8. The van der Waals surface area contributed by atoms with Crippen molar-refractivity contribution in [2.24, 2.45) is 11.8 Å². The fraction of sp³-hybridized carbons (Fsp3) is 0.276. The van der Waals surface area contributed by atoms with Gasteiger partial charge in [-0.15, -0.1) is 0 Å². The van der Waals surface area contributed by atoms with Gasteiger partial charge in [-0.1, -0.05) is 30.3 Å². The second kappa shape index (κ2) is 11.6. The summed E-state index contributed by atoms with van der Waals surface area (Å²) in [7, 11) is 2.82. The molecule has 1 aliphatic rings. The fourth-order valence-electron chi connectivity index (χ4n) is 5.30. The second-order valence-electron chi connectivity index (χ2n) is 9.87. The molecular weight excluding hydrogens is 534 g/mol.